The molecule has 0 saturated carbocycles. The number of hydrogen-bond donors (Lipinski definition) is 0. The highest BCUT2D eigenvalue weighted by Gasteiger charge is 2.31. The molecule has 1 aliphatic rings. The van der Waals surface area contributed by atoms with Crippen molar-refractivity contribution in [2.75, 3.05) is 25.0 Å². The van der Waals surface area contributed by atoms with Gasteiger partial charge in [0, 0.05) is 18.4 Å². The van der Waals surface area contributed by atoms with Crippen molar-refractivity contribution in [1.82, 2.24) is 4.90 Å². The maximum atomic E-state index is 12.1. The number of likely N-dealkylation sites (tertiary alicyclic amines) is 1. The highest BCUT2D eigenvalue weighted by atomic mass is 79.9. The molecule has 0 spiro atoms. The van der Waals surface area contributed by atoms with Gasteiger partial charge in [-0.3, -0.25) is 0 Å². The number of halogens is 1. The molecule has 0 aromatic heterocycles. The fraction of sp³-hybridized carbons (Fsp3) is 0.947. The van der Waals surface area contributed by atoms with E-state index in [0.29, 0.717) is 13.1 Å². The summed E-state index contributed by atoms with van der Waals surface area (Å²) in [6, 6.07) is 0. The summed E-state index contributed by atoms with van der Waals surface area (Å²) in [6.45, 7) is 17.0. The van der Waals surface area contributed by atoms with Gasteiger partial charge in [-0.15, -0.1) is 0 Å². The van der Waals surface area contributed by atoms with Gasteiger partial charge in [-0.05, 0) is 50.9 Å². The van der Waals surface area contributed by atoms with Crippen molar-refractivity contribution in [3.63, 3.8) is 0 Å². The Kier molecular flexibility index (Phi) is 7.61. The maximum absolute atomic E-state index is 12.1. The molecular formula is C19H36BrNO3. The first kappa shape index (κ1) is 21.8. The van der Waals surface area contributed by atoms with Crippen LogP contribution in [0.2, 0.25) is 0 Å². The molecule has 0 aliphatic carbocycles. The topological polar surface area (TPSA) is 38.8 Å². The number of carbonyl (C=O) groups is 1. The van der Waals surface area contributed by atoms with Gasteiger partial charge < -0.3 is 14.4 Å². The Morgan fingerprint density at radius 1 is 1.04 bits per heavy atom. The summed E-state index contributed by atoms with van der Waals surface area (Å²) < 4.78 is 11.6. The van der Waals surface area contributed by atoms with Gasteiger partial charge in [0.05, 0.1) is 12.7 Å². The molecule has 1 amide bonds. The lowest BCUT2D eigenvalue weighted by Crippen LogP contribution is -2.44. The first-order valence-electron chi connectivity index (χ1n) is 8.99. The second-order valence-electron chi connectivity index (χ2n) is 9.62. The molecule has 1 rings (SSSR count). The Balaban J connectivity index is 2.37. The fourth-order valence-electron chi connectivity index (χ4n) is 3.27. The van der Waals surface area contributed by atoms with Crippen LogP contribution in [0.25, 0.3) is 0 Å². The summed E-state index contributed by atoms with van der Waals surface area (Å²) in [5.74, 6) is 0. The molecule has 0 radical (unpaired) electrons. The van der Waals surface area contributed by atoms with Crippen LogP contribution in [-0.2, 0) is 9.47 Å². The number of nitrogens with zero attached hydrogens (tertiary/aromatic N) is 1. The van der Waals surface area contributed by atoms with Crippen LogP contribution in [0.4, 0.5) is 4.79 Å². The van der Waals surface area contributed by atoms with Crippen molar-refractivity contribution in [3.8, 4) is 0 Å². The third-order valence-electron chi connectivity index (χ3n) is 4.12. The molecule has 0 bridgehead atoms. The summed E-state index contributed by atoms with van der Waals surface area (Å²) in [6.07, 6.45) is 2.92. The van der Waals surface area contributed by atoms with Crippen LogP contribution in [0.3, 0.4) is 0 Å². The van der Waals surface area contributed by atoms with E-state index in [2.05, 4.69) is 43.6 Å². The van der Waals surface area contributed by atoms with Gasteiger partial charge >= 0.3 is 6.09 Å². The molecule has 0 unspecified atom stereocenters. The van der Waals surface area contributed by atoms with Crippen molar-refractivity contribution in [1.29, 1.82) is 0 Å². The molecule has 1 saturated heterocycles. The van der Waals surface area contributed by atoms with Crippen molar-refractivity contribution in [3.05, 3.63) is 0 Å². The second kappa shape index (κ2) is 8.39. The number of rotatable bonds is 6. The largest absolute Gasteiger partial charge is 0.444 e. The molecule has 5 heteroatoms. The molecule has 0 N–H and O–H groups in total. The van der Waals surface area contributed by atoms with E-state index in [-0.39, 0.29) is 23.0 Å². The van der Waals surface area contributed by atoms with Gasteiger partial charge in [-0.1, -0.05) is 43.6 Å². The fourth-order valence-corrected chi connectivity index (χ4v) is 3.47. The van der Waals surface area contributed by atoms with E-state index < -0.39 is 5.60 Å². The highest BCUT2D eigenvalue weighted by Crippen LogP contribution is 2.35. The van der Waals surface area contributed by atoms with E-state index in [4.69, 9.17) is 9.47 Å². The zero-order valence-electron chi connectivity index (χ0n) is 16.6. The predicted molar refractivity (Wildman–Crippen MR) is 103 cm³/mol. The zero-order valence-corrected chi connectivity index (χ0v) is 18.2. The Bertz CT molecular complexity index is 407. The Labute approximate surface area is 156 Å². The number of amides is 1. The van der Waals surface area contributed by atoms with Crippen LogP contribution in [0.1, 0.15) is 67.7 Å². The molecule has 0 aromatic rings. The molecule has 0 aromatic carbocycles. The van der Waals surface area contributed by atoms with Crippen molar-refractivity contribution in [2.45, 2.75) is 79.4 Å². The average molecular weight is 406 g/mol. The minimum Gasteiger partial charge on any atom is -0.444 e. The summed E-state index contributed by atoms with van der Waals surface area (Å²) in [4.78, 5) is 13.9. The molecule has 1 heterocycles. The molecular weight excluding hydrogens is 370 g/mol. The molecule has 1 aliphatic heterocycles. The monoisotopic (exact) mass is 405 g/mol. The highest BCUT2D eigenvalue weighted by molar-refractivity contribution is 9.09. The average Bonchev–Trinajstić information content (AvgIpc) is 2.43. The van der Waals surface area contributed by atoms with Crippen LogP contribution in [0.5, 0.6) is 0 Å². The summed E-state index contributed by atoms with van der Waals surface area (Å²) >= 11 is 3.60. The SMILES string of the molecule is CC(C)(CBr)CC(C)(C)COC1CCN(C(=O)OC(C)(C)C)CC1. The lowest BCUT2D eigenvalue weighted by Gasteiger charge is -2.37. The van der Waals surface area contributed by atoms with Gasteiger partial charge in [0.2, 0.25) is 0 Å². The first-order valence-corrected chi connectivity index (χ1v) is 10.1. The summed E-state index contributed by atoms with van der Waals surface area (Å²) in [5, 5.41) is 0.998. The number of alkyl halides is 1. The second-order valence-corrected chi connectivity index (χ2v) is 10.2. The number of hydrogen-bond acceptors (Lipinski definition) is 3. The third-order valence-corrected chi connectivity index (χ3v) is 5.64. The summed E-state index contributed by atoms with van der Waals surface area (Å²) in [7, 11) is 0. The predicted octanol–water partition coefficient (Wildman–Crippen LogP) is 5.24. The summed E-state index contributed by atoms with van der Waals surface area (Å²) in [5.41, 5.74) is -0.0107. The molecule has 24 heavy (non-hydrogen) atoms. The van der Waals surface area contributed by atoms with Crippen molar-refractivity contribution in [2.24, 2.45) is 10.8 Å². The molecule has 0 atom stereocenters. The lowest BCUT2D eigenvalue weighted by atomic mass is 9.77. The van der Waals surface area contributed by atoms with E-state index in [1.54, 1.807) is 4.90 Å². The normalized spacial score (nSPS) is 17.9. The van der Waals surface area contributed by atoms with E-state index in [9.17, 15) is 4.79 Å². The van der Waals surface area contributed by atoms with E-state index in [0.717, 1.165) is 31.2 Å². The molecule has 142 valence electrons. The van der Waals surface area contributed by atoms with Crippen LogP contribution >= 0.6 is 15.9 Å². The Morgan fingerprint density at radius 3 is 2.04 bits per heavy atom. The zero-order chi connectivity index (χ0) is 18.6. The minimum absolute atomic E-state index is 0.152. The van der Waals surface area contributed by atoms with Gasteiger partial charge in [0.25, 0.3) is 0 Å². The quantitative estimate of drug-likeness (QED) is 0.567. The number of ether oxygens (including phenoxy) is 2. The number of piperidine rings is 1. The minimum atomic E-state index is -0.434. The van der Waals surface area contributed by atoms with Crippen molar-refractivity contribution < 1.29 is 14.3 Å². The van der Waals surface area contributed by atoms with Crippen LogP contribution in [0.15, 0.2) is 0 Å². The van der Waals surface area contributed by atoms with Crippen LogP contribution in [0, 0.1) is 10.8 Å². The molecule has 4 nitrogen and oxygen atoms in total. The van der Waals surface area contributed by atoms with Gasteiger partial charge in [0.1, 0.15) is 5.60 Å². The maximum Gasteiger partial charge on any atom is 0.410 e. The number of carbonyl (C=O) groups excluding carboxylic acids is 1. The van der Waals surface area contributed by atoms with Gasteiger partial charge in [-0.2, -0.15) is 0 Å². The standard InChI is InChI=1S/C19H36BrNO3/c1-17(2,3)24-16(22)21-10-8-15(9-11-21)23-14-19(6,7)12-18(4,5)13-20/h15H,8-14H2,1-7H3. The van der Waals surface area contributed by atoms with E-state index >= 15 is 0 Å². The van der Waals surface area contributed by atoms with E-state index in [1.165, 1.54) is 0 Å². The van der Waals surface area contributed by atoms with Crippen LogP contribution < -0.4 is 0 Å². The van der Waals surface area contributed by atoms with Gasteiger partial charge in [0.15, 0.2) is 0 Å². The lowest BCUT2D eigenvalue weighted by molar-refractivity contribution is -0.0415. The smallest absolute Gasteiger partial charge is 0.410 e. The Morgan fingerprint density at radius 2 is 1.58 bits per heavy atom. The van der Waals surface area contributed by atoms with E-state index in [1.807, 2.05) is 20.8 Å². The molecule has 1 fully saturated rings. The third kappa shape index (κ3) is 8.19. The van der Waals surface area contributed by atoms with Crippen molar-refractivity contribution >= 4 is 22.0 Å². The van der Waals surface area contributed by atoms with Gasteiger partial charge in [-0.25, -0.2) is 4.79 Å². The first-order chi connectivity index (χ1) is 10.8. The van der Waals surface area contributed by atoms with Crippen LogP contribution in [-0.4, -0.2) is 47.7 Å². The Hall–Kier alpha value is -0.290.